The summed E-state index contributed by atoms with van der Waals surface area (Å²) in [6.07, 6.45) is 1.49. The van der Waals surface area contributed by atoms with E-state index in [2.05, 4.69) is 9.97 Å². The average Bonchev–Trinajstić information content (AvgIpc) is 3.17. The van der Waals surface area contributed by atoms with Gasteiger partial charge in [0.2, 0.25) is 5.78 Å². The minimum Gasteiger partial charge on any atom is -0.345 e. The molecule has 1 aliphatic rings. The fourth-order valence-electron chi connectivity index (χ4n) is 3.35. The molecule has 1 fully saturated rings. The van der Waals surface area contributed by atoms with Crippen LogP contribution in [0.25, 0.3) is 11.0 Å². The molecular formula is C18H12ClF2N3O2. The van der Waals surface area contributed by atoms with Crippen LogP contribution >= 0.6 is 11.6 Å². The van der Waals surface area contributed by atoms with Crippen molar-refractivity contribution in [1.82, 2.24) is 9.97 Å². The number of anilines is 1. The zero-order chi connectivity index (χ0) is 18.6. The van der Waals surface area contributed by atoms with Crippen LogP contribution in [-0.2, 0) is 9.59 Å². The first kappa shape index (κ1) is 16.7. The van der Waals surface area contributed by atoms with E-state index < -0.39 is 40.8 Å². The Labute approximate surface area is 151 Å². The van der Waals surface area contributed by atoms with Crippen molar-refractivity contribution in [2.45, 2.75) is 13.0 Å². The highest BCUT2D eigenvalue weighted by Crippen LogP contribution is 2.42. The van der Waals surface area contributed by atoms with Crippen molar-refractivity contribution in [3.63, 3.8) is 0 Å². The highest BCUT2D eigenvalue weighted by molar-refractivity contribution is 6.44. The lowest BCUT2D eigenvalue weighted by Gasteiger charge is -2.27. The van der Waals surface area contributed by atoms with Gasteiger partial charge in [-0.3, -0.25) is 14.5 Å². The predicted octanol–water partition coefficient (Wildman–Crippen LogP) is 3.79. The van der Waals surface area contributed by atoms with Gasteiger partial charge in [-0.2, -0.15) is 0 Å². The van der Waals surface area contributed by atoms with Crippen molar-refractivity contribution in [3.05, 3.63) is 58.9 Å². The quantitative estimate of drug-likeness (QED) is 0.547. The number of imidazole rings is 1. The van der Waals surface area contributed by atoms with Crippen molar-refractivity contribution in [2.24, 2.45) is 5.92 Å². The molecule has 26 heavy (non-hydrogen) atoms. The van der Waals surface area contributed by atoms with Crippen LogP contribution in [0.2, 0.25) is 5.02 Å². The van der Waals surface area contributed by atoms with E-state index in [1.54, 1.807) is 18.2 Å². The number of carbonyl (C=O) groups is 2. The van der Waals surface area contributed by atoms with Gasteiger partial charge in [-0.15, -0.1) is 0 Å². The Morgan fingerprint density at radius 2 is 1.96 bits per heavy atom. The molecule has 2 unspecified atom stereocenters. The minimum atomic E-state index is -1.13. The van der Waals surface area contributed by atoms with Crippen LogP contribution in [0.4, 0.5) is 14.5 Å². The summed E-state index contributed by atoms with van der Waals surface area (Å²) in [6, 6.07) is 5.84. The monoisotopic (exact) mass is 375 g/mol. The number of H-pyrrole nitrogens is 1. The lowest BCUT2D eigenvalue weighted by Crippen LogP contribution is -2.30. The number of nitrogens with zero attached hydrogens (tertiary/aromatic N) is 2. The maximum absolute atomic E-state index is 14.6. The number of carbonyl (C=O) groups excluding carboxylic acids is 2. The van der Waals surface area contributed by atoms with Crippen molar-refractivity contribution in [3.8, 4) is 0 Å². The highest BCUT2D eigenvalue weighted by Gasteiger charge is 2.48. The number of aromatic nitrogens is 2. The Morgan fingerprint density at radius 1 is 1.19 bits per heavy atom. The Kier molecular flexibility index (Phi) is 3.77. The second-order valence-corrected chi connectivity index (χ2v) is 6.54. The van der Waals surface area contributed by atoms with E-state index in [1.165, 1.54) is 13.3 Å². The van der Waals surface area contributed by atoms with E-state index in [0.29, 0.717) is 16.7 Å². The maximum Gasteiger partial charge on any atom is 0.295 e. The average molecular weight is 376 g/mol. The Morgan fingerprint density at radius 3 is 2.73 bits per heavy atom. The van der Waals surface area contributed by atoms with Crippen molar-refractivity contribution in [2.75, 3.05) is 4.90 Å². The van der Waals surface area contributed by atoms with E-state index >= 15 is 0 Å². The number of nitrogens with one attached hydrogen (secondary N) is 1. The van der Waals surface area contributed by atoms with E-state index in [4.69, 9.17) is 11.6 Å². The number of amides is 1. The summed E-state index contributed by atoms with van der Waals surface area (Å²) in [5, 5.41) is -0.274. The number of Topliss-reactive ketones (excluding diaryl/α,β-unsaturated/α-hetero) is 1. The number of benzene rings is 2. The van der Waals surface area contributed by atoms with E-state index in [0.717, 1.165) is 17.0 Å². The summed E-state index contributed by atoms with van der Waals surface area (Å²) in [7, 11) is 0. The zero-order valence-corrected chi connectivity index (χ0v) is 14.2. The molecule has 8 heteroatoms. The molecule has 0 radical (unpaired) electrons. The summed E-state index contributed by atoms with van der Waals surface area (Å²) in [6.45, 7) is 1.47. The van der Waals surface area contributed by atoms with Crippen molar-refractivity contribution >= 4 is 40.0 Å². The first-order chi connectivity index (χ1) is 12.4. The minimum absolute atomic E-state index is 0.274. The van der Waals surface area contributed by atoms with E-state index in [-0.39, 0.29) is 5.02 Å². The van der Waals surface area contributed by atoms with Gasteiger partial charge in [0.25, 0.3) is 5.91 Å². The summed E-state index contributed by atoms with van der Waals surface area (Å²) in [5.74, 6) is -4.29. The highest BCUT2D eigenvalue weighted by atomic mass is 35.5. The molecule has 1 aliphatic heterocycles. The molecule has 4 rings (SSSR count). The Balaban J connectivity index is 1.92. The number of aromatic amines is 1. The van der Waals surface area contributed by atoms with Gasteiger partial charge < -0.3 is 4.98 Å². The normalized spacial score (nSPS) is 20.4. The van der Waals surface area contributed by atoms with Crippen LogP contribution < -0.4 is 4.90 Å². The maximum atomic E-state index is 14.6. The first-order valence-electron chi connectivity index (χ1n) is 7.84. The van der Waals surface area contributed by atoms with Crippen LogP contribution in [0.5, 0.6) is 0 Å². The Hall–Kier alpha value is -2.80. The zero-order valence-electron chi connectivity index (χ0n) is 13.5. The number of hydrogen-bond acceptors (Lipinski definition) is 3. The smallest absolute Gasteiger partial charge is 0.295 e. The molecule has 2 aromatic carbocycles. The van der Waals surface area contributed by atoms with Gasteiger partial charge in [-0.05, 0) is 30.3 Å². The molecule has 5 nitrogen and oxygen atoms in total. The molecule has 2 heterocycles. The summed E-state index contributed by atoms with van der Waals surface area (Å²) >= 11 is 5.80. The van der Waals surface area contributed by atoms with Gasteiger partial charge in [0.05, 0.1) is 28.4 Å². The molecule has 1 saturated heterocycles. The second-order valence-electron chi connectivity index (χ2n) is 6.13. The molecule has 0 saturated carbocycles. The Bertz CT molecular complexity index is 1070. The summed E-state index contributed by atoms with van der Waals surface area (Å²) < 4.78 is 29.0. The molecular weight excluding hydrogens is 364 g/mol. The fourth-order valence-corrected chi connectivity index (χ4v) is 3.52. The van der Waals surface area contributed by atoms with Gasteiger partial charge in [0.1, 0.15) is 11.6 Å². The van der Waals surface area contributed by atoms with Gasteiger partial charge in [-0.25, -0.2) is 13.8 Å². The number of hydrogen-bond donors (Lipinski definition) is 1. The predicted molar refractivity (Wildman–Crippen MR) is 91.9 cm³/mol. The number of fused-ring (bicyclic) bond motifs is 1. The molecule has 0 spiro atoms. The van der Waals surface area contributed by atoms with Gasteiger partial charge in [0.15, 0.2) is 0 Å². The van der Waals surface area contributed by atoms with E-state index in [1.807, 2.05) is 0 Å². The van der Waals surface area contributed by atoms with Gasteiger partial charge in [0, 0.05) is 17.2 Å². The summed E-state index contributed by atoms with van der Waals surface area (Å²) in [5.41, 5.74) is 1.24. The standard InChI is InChI=1S/C18H12ClF2N3O2/c1-8-16(14-11(20)4-3-10(19)15(14)21)24(18(26)17(8)25)9-2-5-12-13(6-9)23-7-22-12/h2-8,16H,1H3,(H,22,23). The van der Waals surface area contributed by atoms with Crippen LogP contribution in [0.3, 0.4) is 0 Å². The lowest BCUT2D eigenvalue weighted by molar-refractivity contribution is -0.135. The SMILES string of the molecule is CC1C(=O)C(=O)N(c2ccc3nc[nH]c3c2)C1c1c(F)ccc(Cl)c1F. The molecule has 132 valence electrons. The van der Waals surface area contributed by atoms with Gasteiger partial charge >= 0.3 is 0 Å². The molecule has 2 atom stereocenters. The molecule has 1 aromatic heterocycles. The topological polar surface area (TPSA) is 66.1 Å². The van der Waals surface area contributed by atoms with Crippen molar-refractivity contribution < 1.29 is 18.4 Å². The van der Waals surface area contributed by atoms with Crippen LogP contribution in [-0.4, -0.2) is 21.7 Å². The molecule has 3 aromatic rings. The number of rotatable bonds is 2. The number of halogens is 3. The third-order valence-corrected chi connectivity index (χ3v) is 4.94. The van der Waals surface area contributed by atoms with Crippen LogP contribution in [0.15, 0.2) is 36.7 Å². The third-order valence-electron chi connectivity index (χ3n) is 4.65. The van der Waals surface area contributed by atoms with E-state index in [9.17, 15) is 18.4 Å². The third kappa shape index (κ3) is 2.31. The first-order valence-corrected chi connectivity index (χ1v) is 8.22. The van der Waals surface area contributed by atoms with Crippen molar-refractivity contribution in [1.29, 1.82) is 0 Å². The lowest BCUT2D eigenvalue weighted by atomic mass is 9.93. The number of ketones is 1. The largest absolute Gasteiger partial charge is 0.345 e. The van der Waals surface area contributed by atoms with Crippen LogP contribution in [0, 0.1) is 17.6 Å². The molecule has 1 amide bonds. The van der Waals surface area contributed by atoms with Gasteiger partial charge in [-0.1, -0.05) is 18.5 Å². The molecule has 0 aliphatic carbocycles. The molecule has 1 N–H and O–H groups in total. The molecule has 0 bridgehead atoms. The summed E-state index contributed by atoms with van der Waals surface area (Å²) in [4.78, 5) is 33.0. The fraction of sp³-hybridized carbons (Fsp3) is 0.167. The van der Waals surface area contributed by atoms with Crippen LogP contribution in [0.1, 0.15) is 18.5 Å². The second kappa shape index (κ2) is 5.88.